The van der Waals surface area contributed by atoms with E-state index in [1.807, 2.05) is 0 Å². The SMILES string of the molecule is O=C(C=Cc1ccc(O)cc1)c1cc(Cl)ccc1O. The van der Waals surface area contributed by atoms with Crippen LogP contribution in [-0.2, 0) is 0 Å². The summed E-state index contributed by atoms with van der Waals surface area (Å²) in [6.07, 6.45) is 2.94. The Labute approximate surface area is 115 Å². The van der Waals surface area contributed by atoms with Crippen LogP contribution >= 0.6 is 11.6 Å². The molecule has 0 fully saturated rings. The Morgan fingerprint density at radius 1 is 1.05 bits per heavy atom. The highest BCUT2D eigenvalue weighted by Crippen LogP contribution is 2.22. The van der Waals surface area contributed by atoms with Crippen molar-refractivity contribution < 1.29 is 15.0 Å². The Balaban J connectivity index is 2.21. The number of carbonyl (C=O) groups excluding carboxylic acids is 1. The summed E-state index contributed by atoms with van der Waals surface area (Å²) >= 11 is 5.78. The number of aromatic hydroxyl groups is 2. The summed E-state index contributed by atoms with van der Waals surface area (Å²) < 4.78 is 0. The minimum absolute atomic E-state index is 0.107. The molecule has 2 aromatic carbocycles. The van der Waals surface area contributed by atoms with E-state index in [2.05, 4.69) is 0 Å². The molecule has 0 amide bonds. The number of halogens is 1. The average Bonchev–Trinajstić information content (AvgIpc) is 2.40. The Kier molecular flexibility index (Phi) is 3.88. The molecule has 2 N–H and O–H groups in total. The van der Waals surface area contributed by atoms with Gasteiger partial charge in [-0.3, -0.25) is 4.79 Å². The van der Waals surface area contributed by atoms with Crippen molar-refractivity contribution >= 4 is 23.5 Å². The second-order valence-electron chi connectivity index (χ2n) is 3.95. The lowest BCUT2D eigenvalue weighted by Crippen LogP contribution is -1.94. The molecule has 19 heavy (non-hydrogen) atoms. The van der Waals surface area contributed by atoms with E-state index in [-0.39, 0.29) is 22.8 Å². The zero-order chi connectivity index (χ0) is 13.8. The van der Waals surface area contributed by atoms with Gasteiger partial charge in [0.1, 0.15) is 11.5 Å². The van der Waals surface area contributed by atoms with E-state index in [9.17, 15) is 9.90 Å². The van der Waals surface area contributed by atoms with Crippen molar-refractivity contribution in [2.24, 2.45) is 0 Å². The molecule has 0 aliphatic heterocycles. The van der Waals surface area contributed by atoms with Crippen LogP contribution in [-0.4, -0.2) is 16.0 Å². The fraction of sp³-hybridized carbons (Fsp3) is 0. The number of hydrogen-bond donors (Lipinski definition) is 2. The monoisotopic (exact) mass is 274 g/mol. The van der Waals surface area contributed by atoms with E-state index in [1.54, 1.807) is 18.2 Å². The summed E-state index contributed by atoms with van der Waals surface area (Å²) in [5.74, 6) is -0.284. The van der Waals surface area contributed by atoms with Gasteiger partial charge in [-0.1, -0.05) is 29.8 Å². The molecule has 3 nitrogen and oxygen atoms in total. The molecule has 0 unspecified atom stereocenters. The summed E-state index contributed by atoms with van der Waals surface area (Å²) in [7, 11) is 0. The molecular formula is C15H11ClO3. The van der Waals surface area contributed by atoms with Crippen molar-refractivity contribution in [3.8, 4) is 11.5 Å². The summed E-state index contributed by atoms with van der Waals surface area (Å²) in [6, 6.07) is 10.7. The highest BCUT2D eigenvalue weighted by molar-refractivity contribution is 6.31. The molecule has 0 heterocycles. The number of benzene rings is 2. The number of phenolic OH excluding ortho intramolecular Hbond substituents is 2. The first kappa shape index (κ1) is 13.2. The molecule has 0 bridgehead atoms. The van der Waals surface area contributed by atoms with E-state index in [1.165, 1.54) is 36.4 Å². The van der Waals surface area contributed by atoms with Crippen molar-refractivity contribution in [3.63, 3.8) is 0 Å². The van der Waals surface area contributed by atoms with Crippen LogP contribution < -0.4 is 0 Å². The maximum atomic E-state index is 11.9. The van der Waals surface area contributed by atoms with E-state index in [0.717, 1.165) is 5.56 Å². The van der Waals surface area contributed by atoms with Crippen LogP contribution in [0.3, 0.4) is 0 Å². The van der Waals surface area contributed by atoms with Gasteiger partial charge < -0.3 is 10.2 Å². The minimum Gasteiger partial charge on any atom is -0.508 e. The van der Waals surface area contributed by atoms with Gasteiger partial charge in [-0.05, 0) is 42.0 Å². The van der Waals surface area contributed by atoms with Crippen LogP contribution in [0.1, 0.15) is 15.9 Å². The molecule has 2 aromatic rings. The Morgan fingerprint density at radius 2 is 1.74 bits per heavy atom. The van der Waals surface area contributed by atoms with Crippen molar-refractivity contribution in [1.82, 2.24) is 0 Å². The Morgan fingerprint density at radius 3 is 2.42 bits per heavy atom. The molecule has 4 heteroatoms. The molecule has 0 saturated heterocycles. The standard InChI is InChI=1S/C15H11ClO3/c16-11-4-8-15(19)13(9-11)14(18)7-3-10-1-5-12(17)6-2-10/h1-9,17,19H. The second-order valence-corrected chi connectivity index (χ2v) is 4.39. The first-order valence-corrected chi connectivity index (χ1v) is 5.94. The van der Waals surface area contributed by atoms with E-state index < -0.39 is 0 Å². The molecular weight excluding hydrogens is 264 g/mol. The normalized spacial score (nSPS) is 10.8. The molecule has 0 spiro atoms. The van der Waals surface area contributed by atoms with Crippen LogP contribution in [0.15, 0.2) is 48.5 Å². The summed E-state index contributed by atoms with van der Waals surface area (Å²) in [5.41, 5.74) is 0.926. The van der Waals surface area contributed by atoms with Gasteiger partial charge in [0, 0.05) is 5.02 Å². The predicted octanol–water partition coefficient (Wildman–Crippen LogP) is 3.65. The van der Waals surface area contributed by atoms with Crippen LogP contribution in [0.5, 0.6) is 11.5 Å². The third-order valence-electron chi connectivity index (χ3n) is 2.54. The molecule has 0 atom stereocenters. The number of ketones is 1. The smallest absolute Gasteiger partial charge is 0.189 e. The Hall–Kier alpha value is -2.26. The third-order valence-corrected chi connectivity index (χ3v) is 2.78. The zero-order valence-corrected chi connectivity index (χ0v) is 10.6. The molecule has 0 aliphatic rings. The van der Waals surface area contributed by atoms with Gasteiger partial charge in [-0.25, -0.2) is 0 Å². The molecule has 0 radical (unpaired) electrons. The van der Waals surface area contributed by atoms with Gasteiger partial charge in [0.2, 0.25) is 0 Å². The van der Waals surface area contributed by atoms with Crippen molar-refractivity contribution in [3.05, 3.63) is 64.7 Å². The number of phenols is 2. The van der Waals surface area contributed by atoms with E-state index in [4.69, 9.17) is 16.7 Å². The maximum Gasteiger partial charge on any atom is 0.189 e. The Bertz CT molecular complexity index is 630. The minimum atomic E-state index is -0.340. The fourth-order valence-corrected chi connectivity index (χ4v) is 1.72. The zero-order valence-electron chi connectivity index (χ0n) is 9.88. The van der Waals surface area contributed by atoms with E-state index >= 15 is 0 Å². The number of allylic oxidation sites excluding steroid dienone is 1. The van der Waals surface area contributed by atoms with Crippen LogP contribution in [0.2, 0.25) is 5.02 Å². The summed E-state index contributed by atoms with van der Waals surface area (Å²) in [5, 5.41) is 19.1. The first-order chi connectivity index (χ1) is 9.06. The molecule has 0 aromatic heterocycles. The van der Waals surface area contributed by atoms with Gasteiger partial charge in [0.25, 0.3) is 0 Å². The highest BCUT2D eigenvalue weighted by Gasteiger charge is 2.08. The van der Waals surface area contributed by atoms with Gasteiger partial charge >= 0.3 is 0 Å². The number of rotatable bonds is 3. The van der Waals surface area contributed by atoms with Gasteiger partial charge in [-0.15, -0.1) is 0 Å². The number of carbonyl (C=O) groups is 1. The summed E-state index contributed by atoms with van der Waals surface area (Å²) in [6.45, 7) is 0. The van der Waals surface area contributed by atoms with Crippen LogP contribution in [0.25, 0.3) is 6.08 Å². The van der Waals surface area contributed by atoms with Crippen molar-refractivity contribution in [2.45, 2.75) is 0 Å². The third kappa shape index (κ3) is 3.36. The van der Waals surface area contributed by atoms with E-state index in [0.29, 0.717) is 5.02 Å². The average molecular weight is 275 g/mol. The quantitative estimate of drug-likeness (QED) is 0.663. The molecule has 0 aliphatic carbocycles. The van der Waals surface area contributed by atoms with Gasteiger partial charge in [-0.2, -0.15) is 0 Å². The lowest BCUT2D eigenvalue weighted by atomic mass is 10.1. The molecule has 0 saturated carbocycles. The van der Waals surface area contributed by atoms with Crippen molar-refractivity contribution in [1.29, 1.82) is 0 Å². The summed E-state index contributed by atoms with van der Waals surface area (Å²) in [4.78, 5) is 11.9. The van der Waals surface area contributed by atoms with Crippen LogP contribution in [0.4, 0.5) is 0 Å². The number of hydrogen-bond acceptors (Lipinski definition) is 3. The van der Waals surface area contributed by atoms with Crippen LogP contribution in [0, 0.1) is 0 Å². The largest absolute Gasteiger partial charge is 0.508 e. The van der Waals surface area contributed by atoms with Crippen molar-refractivity contribution in [2.75, 3.05) is 0 Å². The predicted molar refractivity (Wildman–Crippen MR) is 74.6 cm³/mol. The lowest BCUT2D eigenvalue weighted by molar-refractivity contribution is 0.104. The van der Waals surface area contributed by atoms with Gasteiger partial charge in [0.15, 0.2) is 5.78 Å². The maximum absolute atomic E-state index is 11.9. The van der Waals surface area contributed by atoms with Gasteiger partial charge in [0.05, 0.1) is 5.56 Å². The highest BCUT2D eigenvalue weighted by atomic mass is 35.5. The molecule has 96 valence electrons. The lowest BCUT2D eigenvalue weighted by Gasteiger charge is -2.01. The first-order valence-electron chi connectivity index (χ1n) is 5.56. The molecule has 2 rings (SSSR count). The second kappa shape index (κ2) is 5.59. The topological polar surface area (TPSA) is 57.5 Å². The fourth-order valence-electron chi connectivity index (χ4n) is 1.55.